The summed E-state index contributed by atoms with van der Waals surface area (Å²) >= 11 is 6.43. The highest BCUT2D eigenvalue weighted by molar-refractivity contribution is 6.33. The van der Waals surface area contributed by atoms with Gasteiger partial charge in [0.05, 0.1) is 10.6 Å². The van der Waals surface area contributed by atoms with Gasteiger partial charge in [0, 0.05) is 18.8 Å². The van der Waals surface area contributed by atoms with Crippen LogP contribution in [0.25, 0.3) is 6.08 Å². The van der Waals surface area contributed by atoms with Crippen molar-refractivity contribution in [2.45, 2.75) is 24.8 Å². The number of benzene rings is 1. The first-order valence-corrected chi connectivity index (χ1v) is 9.29. The number of hydroxylamine groups is 1. The zero-order valence-corrected chi connectivity index (χ0v) is 15.7. The van der Waals surface area contributed by atoms with Crippen LogP contribution in [0.15, 0.2) is 48.7 Å². The second-order valence-electron chi connectivity index (χ2n) is 6.76. The normalized spacial score (nSPS) is 19.8. The molecule has 1 aliphatic rings. The van der Waals surface area contributed by atoms with Crippen molar-refractivity contribution >= 4 is 29.4 Å². The number of hydrogen-bond acceptors (Lipinski definition) is 5. The van der Waals surface area contributed by atoms with Crippen LogP contribution in [0.5, 0.6) is 0 Å². The van der Waals surface area contributed by atoms with Crippen molar-refractivity contribution in [2.75, 3.05) is 18.4 Å². The van der Waals surface area contributed by atoms with Crippen LogP contribution >= 0.6 is 11.6 Å². The molecule has 142 valence electrons. The number of carbonyl (C=O) groups excluding carboxylic acids is 1. The maximum Gasteiger partial charge on any atom is 0.267 e. The molecular weight excluding hydrogens is 364 g/mol. The lowest BCUT2D eigenvalue weighted by Gasteiger charge is -2.39. The molecule has 3 rings (SSSR count). The number of amides is 1. The van der Waals surface area contributed by atoms with E-state index >= 15 is 0 Å². The Hall–Kier alpha value is -2.41. The largest absolute Gasteiger partial charge is 0.362 e. The summed E-state index contributed by atoms with van der Waals surface area (Å²) in [6.07, 6.45) is 7.36. The summed E-state index contributed by atoms with van der Waals surface area (Å²) in [5.74, 6) is 0.0171. The number of aromatic nitrogens is 1. The van der Waals surface area contributed by atoms with Crippen LogP contribution in [0.3, 0.4) is 0 Å². The van der Waals surface area contributed by atoms with Gasteiger partial charge in [-0.25, -0.2) is 10.5 Å². The third kappa shape index (κ3) is 5.29. The third-order valence-electron chi connectivity index (χ3n) is 4.64. The lowest BCUT2D eigenvalue weighted by molar-refractivity contribution is -0.124. The Labute approximate surface area is 163 Å². The van der Waals surface area contributed by atoms with Gasteiger partial charge in [0.2, 0.25) is 0 Å². The molecule has 0 bridgehead atoms. The smallest absolute Gasteiger partial charge is 0.267 e. The second-order valence-corrected chi connectivity index (χ2v) is 7.16. The standard InChI is InChI=1S/C20H23ClN4O2/c21-17-11-16(7-8-18(26)25-27)13-23-19(17)24-20(9-4-10-22-14-20)12-15-5-2-1-3-6-15/h1-3,5-8,11,13,22,27H,4,9-10,12,14H2,(H,23,24)(H,25,26)/b8-7+/t20-/m1/s1. The lowest BCUT2D eigenvalue weighted by atomic mass is 9.84. The number of rotatable bonds is 6. The van der Waals surface area contributed by atoms with E-state index in [1.807, 2.05) is 18.2 Å². The molecule has 0 spiro atoms. The molecule has 1 saturated heterocycles. The fraction of sp³-hybridized carbons (Fsp3) is 0.300. The van der Waals surface area contributed by atoms with E-state index in [1.165, 1.54) is 17.7 Å². The van der Waals surface area contributed by atoms with Crippen molar-refractivity contribution in [3.05, 3.63) is 64.8 Å². The first kappa shape index (κ1) is 19.4. The van der Waals surface area contributed by atoms with Crippen LogP contribution < -0.4 is 16.1 Å². The molecule has 0 aliphatic carbocycles. The van der Waals surface area contributed by atoms with Gasteiger partial charge >= 0.3 is 0 Å². The van der Waals surface area contributed by atoms with Crippen molar-refractivity contribution in [1.29, 1.82) is 0 Å². The van der Waals surface area contributed by atoms with Crippen LogP contribution in [0.1, 0.15) is 24.0 Å². The quantitative estimate of drug-likeness (QED) is 0.348. The van der Waals surface area contributed by atoms with Crippen LogP contribution in [0, 0.1) is 0 Å². The molecule has 4 N–H and O–H groups in total. The highest BCUT2D eigenvalue weighted by Gasteiger charge is 2.33. The minimum Gasteiger partial charge on any atom is -0.362 e. The molecule has 1 amide bonds. The zero-order chi connectivity index (χ0) is 19.1. The van der Waals surface area contributed by atoms with Crippen molar-refractivity contribution in [1.82, 2.24) is 15.8 Å². The molecule has 0 unspecified atom stereocenters. The van der Waals surface area contributed by atoms with E-state index in [0.29, 0.717) is 16.4 Å². The van der Waals surface area contributed by atoms with Gasteiger partial charge in [-0.3, -0.25) is 10.0 Å². The molecule has 1 aromatic carbocycles. The number of nitrogens with zero attached hydrogens (tertiary/aromatic N) is 1. The molecule has 1 aliphatic heterocycles. The third-order valence-corrected chi connectivity index (χ3v) is 4.93. The number of carbonyl (C=O) groups is 1. The molecule has 1 aromatic heterocycles. The number of piperidine rings is 1. The first-order chi connectivity index (χ1) is 13.1. The Morgan fingerprint density at radius 3 is 2.85 bits per heavy atom. The summed E-state index contributed by atoms with van der Waals surface area (Å²) < 4.78 is 0. The zero-order valence-electron chi connectivity index (χ0n) is 14.9. The topological polar surface area (TPSA) is 86.3 Å². The Kier molecular flexibility index (Phi) is 6.45. The maximum absolute atomic E-state index is 11.1. The van der Waals surface area contributed by atoms with E-state index in [9.17, 15) is 4.79 Å². The predicted molar refractivity (Wildman–Crippen MR) is 107 cm³/mol. The summed E-state index contributed by atoms with van der Waals surface area (Å²) in [6, 6.07) is 12.1. The minimum absolute atomic E-state index is 0.162. The fourth-order valence-electron chi connectivity index (χ4n) is 3.35. The number of hydrogen-bond donors (Lipinski definition) is 4. The van der Waals surface area contributed by atoms with Crippen molar-refractivity contribution in [3.8, 4) is 0 Å². The van der Waals surface area contributed by atoms with Gasteiger partial charge in [-0.05, 0) is 49.1 Å². The second kappa shape index (κ2) is 8.99. The highest BCUT2D eigenvalue weighted by Crippen LogP contribution is 2.30. The highest BCUT2D eigenvalue weighted by atomic mass is 35.5. The predicted octanol–water partition coefficient (Wildman–Crippen LogP) is 3.03. The number of pyridine rings is 1. The van der Waals surface area contributed by atoms with Crippen LogP contribution in [0.2, 0.25) is 5.02 Å². The monoisotopic (exact) mass is 386 g/mol. The average molecular weight is 387 g/mol. The van der Waals surface area contributed by atoms with E-state index in [1.54, 1.807) is 17.7 Å². The summed E-state index contributed by atoms with van der Waals surface area (Å²) in [5, 5.41) is 16.1. The van der Waals surface area contributed by atoms with E-state index in [2.05, 4.69) is 27.8 Å². The van der Waals surface area contributed by atoms with Gasteiger partial charge in [-0.15, -0.1) is 0 Å². The molecule has 2 aromatic rings. The first-order valence-electron chi connectivity index (χ1n) is 8.91. The Morgan fingerprint density at radius 1 is 1.37 bits per heavy atom. The Balaban J connectivity index is 1.79. The van der Waals surface area contributed by atoms with E-state index in [0.717, 1.165) is 32.4 Å². The van der Waals surface area contributed by atoms with Crippen LogP contribution in [0.4, 0.5) is 5.82 Å². The van der Waals surface area contributed by atoms with Crippen LogP contribution in [-0.2, 0) is 11.2 Å². The summed E-state index contributed by atoms with van der Waals surface area (Å²) in [5.41, 5.74) is 3.32. The average Bonchev–Trinajstić information content (AvgIpc) is 2.69. The molecular formula is C20H23ClN4O2. The molecule has 1 atom stereocenters. The van der Waals surface area contributed by atoms with Gasteiger partial charge in [-0.1, -0.05) is 41.9 Å². The van der Waals surface area contributed by atoms with Crippen molar-refractivity contribution in [2.24, 2.45) is 0 Å². The SMILES string of the molecule is O=C(/C=C/c1cnc(N[C@@]2(Cc3ccccc3)CCCNC2)c(Cl)c1)NO. The Morgan fingerprint density at radius 2 is 2.19 bits per heavy atom. The van der Waals surface area contributed by atoms with Crippen molar-refractivity contribution < 1.29 is 10.0 Å². The van der Waals surface area contributed by atoms with Crippen molar-refractivity contribution in [3.63, 3.8) is 0 Å². The van der Waals surface area contributed by atoms with Gasteiger partial charge in [-0.2, -0.15) is 0 Å². The Bertz CT molecular complexity index is 805. The number of halogens is 1. The fourth-order valence-corrected chi connectivity index (χ4v) is 3.57. The molecule has 0 radical (unpaired) electrons. The maximum atomic E-state index is 11.1. The number of nitrogens with one attached hydrogen (secondary N) is 3. The summed E-state index contributed by atoms with van der Waals surface area (Å²) in [4.78, 5) is 15.5. The van der Waals surface area contributed by atoms with Gasteiger partial charge in [0.1, 0.15) is 5.82 Å². The summed E-state index contributed by atoms with van der Waals surface area (Å²) in [7, 11) is 0. The van der Waals surface area contributed by atoms with E-state index in [-0.39, 0.29) is 5.54 Å². The number of anilines is 1. The lowest BCUT2D eigenvalue weighted by Crippen LogP contribution is -2.53. The van der Waals surface area contributed by atoms with E-state index < -0.39 is 5.91 Å². The van der Waals surface area contributed by atoms with Crippen LogP contribution in [-0.4, -0.2) is 34.7 Å². The molecule has 6 nitrogen and oxygen atoms in total. The van der Waals surface area contributed by atoms with Gasteiger partial charge < -0.3 is 10.6 Å². The molecule has 1 fully saturated rings. The van der Waals surface area contributed by atoms with E-state index in [4.69, 9.17) is 16.8 Å². The summed E-state index contributed by atoms with van der Waals surface area (Å²) in [6.45, 7) is 1.84. The van der Waals surface area contributed by atoms with Gasteiger partial charge in [0.15, 0.2) is 0 Å². The minimum atomic E-state index is -0.608. The molecule has 2 heterocycles. The molecule has 7 heteroatoms. The molecule has 27 heavy (non-hydrogen) atoms. The van der Waals surface area contributed by atoms with Gasteiger partial charge in [0.25, 0.3) is 5.91 Å². The molecule has 0 saturated carbocycles.